The van der Waals surface area contributed by atoms with Crippen LogP contribution in [0.3, 0.4) is 0 Å². The van der Waals surface area contributed by atoms with Gasteiger partial charge in [0, 0.05) is 24.4 Å². The molecule has 1 heterocycles. The van der Waals surface area contributed by atoms with Crippen molar-refractivity contribution in [3.63, 3.8) is 0 Å². The average molecular weight is 314 g/mol. The largest absolute Gasteiger partial charge is 0.481 e. The lowest BCUT2D eigenvalue weighted by molar-refractivity contribution is -0.133. The van der Waals surface area contributed by atoms with Crippen molar-refractivity contribution in [3.05, 3.63) is 11.9 Å². The molecule has 1 aromatic rings. The molecule has 0 aromatic carbocycles. The van der Waals surface area contributed by atoms with Crippen molar-refractivity contribution in [2.75, 3.05) is 19.5 Å². The van der Waals surface area contributed by atoms with Crippen molar-refractivity contribution >= 4 is 17.7 Å². The van der Waals surface area contributed by atoms with Crippen LogP contribution in [0.2, 0.25) is 0 Å². The Morgan fingerprint density at radius 1 is 1.52 bits per heavy atom. The number of imidazole rings is 1. The van der Waals surface area contributed by atoms with Gasteiger partial charge in [-0.05, 0) is 6.42 Å². The second-order valence-corrected chi connectivity index (χ2v) is 7.07. The smallest absolute Gasteiger partial charge is 0.313 e. The van der Waals surface area contributed by atoms with Crippen LogP contribution < -0.4 is 0 Å². The van der Waals surface area contributed by atoms with Crippen LogP contribution in [0.25, 0.3) is 0 Å². The Morgan fingerprint density at radius 2 is 2.19 bits per heavy atom. The summed E-state index contributed by atoms with van der Waals surface area (Å²) in [5.74, 6) is -0.808. The van der Waals surface area contributed by atoms with E-state index in [0.717, 1.165) is 23.7 Å². The molecule has 0 saturated carbocycles. The summed E-state index contributed by atoms with van der Waals surface area (Å²) in [5, 5.41) is 9.66. The zero-order chi connectivity index (χ0) is 16.0. The van der Waals surface area contributed by atoms with E-state index in [1.807, 2.05) is 6.20 Å². The molecule has 0 aliphatic heterocycles. The first-order valence-corrected chi connectivity index (χ1v) is 8.21. The van der Waals surface area contributed by atoms with Crippen molar-refractivity contribution in [2.24, 2.45) is 0 Å². The molecule has 0 spiro atoms. The molecule has 0 fully saturated rings. The predicted octanol–water partition coefficient (Wildman–Crippen LogP) is 3.34. The molecule has 6 heteroatoms. The number of ether oxygens (including phenoxy) is 1. The normalized spacial score (nSPS) is 13.4. The summed E-state index contributed by atoms with van der Waals surface area (Å²) < 4.78 is 7.52. The number of hydrogen-bond donors (Lipinski definition) is 1. The lowest BCUT2D eigenvalue weighted by Crippen LogP contribution is -2.24. The van der Waals surface area contributed by atoms with Gasteiger partial charge in [0.05, 0.1) is 18.4 Å². The van der Waals surface area contributed by atoms with Gasteiger partial charge in [0.1, 0.15) is 0 Å². The SMILES string of the molecule is CCCC(COC)n1c(C(C)(C)C)cnc1SCC(=O)O. The van der Waals surface area contributed by atoms with Crippen molar-refractivity contribution in [1.29, 1.82) is 0 Å². The first-order chi connectivity index (χ1) is 9.81. The molecule has 0 radical (unpaired) electrons. The Morgan fingerprint density at radius 3 is 2.67 bits per heavy atom. The van der Waals surface area contributed by atoms with Crippen molar-refractivity contribution < 1.29 is 14.6 Å². The van der Waals surface area contributed by atoms with Gasteiger partial charge in [-0.2, -0.15) is 0 Å². The highest BCUT2D eigenvalue weighted by Gasteiger charge is 2.26. The maximum absolute atomic E-state index is 10.8. The van der Waals surface area contributed by atoms with Gasteiger partial charge < -0.3 is 14.4 Å². The van der Waals surface area contributed by atoms with Gasteiger partial charge in [-0.3, -0.25) is 4.79 Å². The molecule has 1 aromatic heterocycles. The van der Waals surface area contributed by atoms with Crippen LogP contribution in [-0.2, 0) is 14.9 Å². The highest BCUT2D eigenvalue weighted by molar-refractivity contribution is 7.99. The first-order valence-electron chi connectivity index (χ1n) is 7.22. The number of methoxy groups -OCH3 is 1. The fraction of sp³-hybridized carbons (Fsp3) is 0.733. The summed E-state index contributed by atoms with van der Waals surface area (Å²) in [5.41, 5.74) is 1.07. The van der Waals surface area contributed by atoms with E-state index in [4.69, 9.17) is 9.84 Å². The molecule has 0 bridgehead atoms. The predicted molar refractivity (Wildman–Crippen MR) is 85.1 cm³/mol. The Hall–Kier alpha value is -1.01. The zero-order valence-corrected chi connectivity index (χ0v) is 14.4. The van der Waals surface area contributed by atoms with Gasteiger partial charge in [-0.1, -0.05) is 45.9 Å². The van der Waals surface area contributed by atoms with Crippen molar-refractivity contribution in [3.8, 4) is 0 Å². The van der Waals surface area contributed by atoms with Crippen LogP contribution >= 0.6 is 11.8 Å². The van der Waals surface area contributed by atoms with E-state index in [1.165, 1.54) is 11.8 Å². The maximum atomic E-state index is 10.8. The lowest BCUT2D eigenvalue weighted by Gasteiger charge is -2.27. The average Bonchev–Trinajstić information content (AvgIpc) is 2.79. The van der Waals surface area contributed by atoms with Gasteiger partial charge in [-0.25, -0.2) is 4.98 Å². The van der Waals surface area contributed by atoms with E-state index in [9.17, 15) is 4.79 Å². The summed E-state index contributed by atoms with van der Waals surface area (Å²) in [7, 11) is 1.69. The summed E-state index contributed by atoms with van der Waals surface area (Å²) in [4.78, 5) is 15.3. The molecular formula is C15H26N2O3S. The molecule has 21 heavy (non-hydrogen) atoms. The van der Waals surface area contributed by atoms with Gasteiger partial charge >= 0.3 is 5.97 Å². The second kappa shape index (κ2) is 7.84. The number of hydrogen-bond acceptors (Lipinski definition) is 4. The summed E-state index contributed by atoms with van der Waals surface area (Å²) in [6.07, 6.45) is 3.88. The quantitative estimate of drug-likeness (QED) is 0.746. The van der Waals surface area contributed by atoms with Crippen LogP contribution in [0.4, 0.5) is 0 Å². The van der Waals surface area contributed by atoms with Gasteiger partial charge in [0.25, 0.3) is 0 Å². The molecule has 0 aliphatic rings. The Labute approximate surface area is 131 Å². The van der Waals surface area contributed by atoms with Crippen LogP contribution in [0.5, 0.6) is 0 Å². The molecule has 1 unspecified atom stereocenters. The molecule has 5 nitrogen and oxygen atoms in total. The zero-order valence-electron chi connectivity index (χ0n) is 13.5. The molecular weight excluding hydrogens is 288 g/mol. The number of rotatable bonds is 8. The summed E-state index contributed by atoms with van der Waals surface area (Å²) in [6, 6.07) is 0.188. The molecule has 0 aliphatic carbocycles. The van der Waals surface area contributed by atoms with Gasteiger partial charge in [0.2, 0.25) is 0 Å². The highest BCUT2D eigenvalue weighted by atomic mass is 32.2. The number of nitrogens with zero attached hydrogens (tertiary/aromatic N) is 2. The summed E-state index contributed by atoms with van der Waals surface area (Å²) >= 11 is 1.27. The van der Waals surface area contributed by atoms with E-state index < -0.39 is 5.97 Å². The number of carboxylic acids is 1. The van der Waals surface area contributed by atoms with Gasteiger partial charge in [0.15, 0.2) is 5.16 Å². The van der Waals surface area contributed by atoms with E-state index >= 15 is 0 Å². The number of aliphatic carboxylic acids is 1. The topological polar surface area (TPSA) is 64.4 Å². The number of thioether (sulfide) groups is 1. The monoisotopic (exact) mass is 314 g/mol. The number of carboxylic acid groups (broad SMARTS) is 1. The molecule has 1 atom stereocenters. The Bertz CT molecular complexity index is 460. The lowest BCUT2D eigenvalue weighted by atomic mass is 9.92. The minimum absolute atomic E-state index is 0.0203. The van der Waals surface area contributed by atoms with Crippen LogP contribution in [-0.4, -0.2) is 40.1 Å². The number of carbonyl (C=O) groups is 1. The highest BCUT2D eigenvalue weighted by Crippen LogP contribution is 2.32. The standard InChI is InChI=1S/C15H26N2O3S/c1-6-7-11(9-20-5)17-12(15(2,3)4)8-16-14(17)21-10-13(18)19/h8,11H,6-7,9-10H2,1-5H3,(H,18,19). The molecule has 0 saturated heterocycles. The minimum atomic E-state index is -0.828. The van der Waals surface area contributed by atoms with Crippen LogP contribution in [0.15, 0.2) is 11.4 Å². The maximum Gasteiger partial charge on any atom is 0.313 e. The minimum Gasteiger partial charge on any atom is -0.481 e. The molecule has 120 valence electrons. The van der Waals surface area contributed by atoms with E-state index in [1.54, 1.807) is 7.11 Å². The van der Waals surface area contributed by atoms with Gasteiger partial charge in [-0.15, -0.1) is 0 Å². The molecule has 0 amide bonds. The Balaban J connectivity index is 3.19. The third-order valence-electron chi connectivity index (χ3n) is 3.20. The van der Waals surface area contributed by atoms with Crippen LogP contribution in [0, 0.1) is 0 Å². The second-order valence-electron chi connectivity index (χ2n) is 6.13. The Kier molecular flexibility index (Phi) is 6.74. The fourth-order valence-electron chi connectivity index (χ4n) is 2.30. The van der Waals surface area contributed by atoms with E-state index in [2.05, 4.69) is 37.2 Å². The summed E-state index contributed by atoms with van der Waals surface area (Å²) in [6.45, 7) is 9.17. The van der Waals surface area contributed by atoms with Crippen molar-refractivity contribution in [1.82, 2.24) is 9.55 Å². The van der Waals surface area contributed by atoms with E-state index in [0.29, 0.717) is 6.61 Å². The number of aromatic nitrogens is 2. The van der Waals surface area contributed by atoms with Crippen molar-refractivity contribution in [2.45, 2.75) is 57.1 Å². The van der Waals surface area contributed by atoms with Crippen LogP contribution in [0.1, 0.15) is 52.3 Å². The third kappa shape index (κ3) is 5.04. The molecule has 1 N–H and O–H groups in total. The first kappa shape index (κ1) is 18.0. The third-order valence-corrected chi connectivity index (χ3v) is 4.15. The fourth-order valence-corrected chi connectivity index (χ4v) is 3.06. The molecule has 1 rings (SSSR count). The van der Waals surface area contributed by atoms with E-state index in [-0.39, 0.29) is 17.2 Å².